The first-order chi connectivity index (χ1) is 6.47. The van der Waals surface area contributed by atoms with Crippen molar-refractivity contribution in [2.24, 2.45) is 0 Å². The van der Waals surface area contributed by atoms with Gasteiger partial charge in [0.15, 0.2) is 0 Å². The monoisotopic (exact) mass is 179 g/mol. The summed E-state index contributed by atoms with van der Waals surface area (Å²) in [7, 11) is 0. The van der Waals surface area contributed by atoms with Crippen LogP contribution in [0.3, 0.4) is 0 Å². The van der Waals surface area contributed by atoms with Crippen molar-refractivity contribution in [3.8, 4) is 0 Å². The lowest BCUT2D eigenvalue weighted by Gasteiger charge is -2.27. The van der Waals surface area contributed by atoms with Crippen LogP contribution in [0.2, 0.25) is 0 Å². The molecule has 0 saturated carbocycles. The summed E-state index contributed by atoms with van der Waals surface area (Å²) in [5, 5.41) is 0. The van der Waals surface area contributed by atoms with Gasteiger partial charge in [-0.15, -0.1) is 0 Å². The van der Waals surface area contributed by atoms with Gasteiger partial charge in [0.1, 0.15) is 0 Å². The molecule has 1 heteroatoms. The van der Waals surface area contributed by atoms with Crippen molar-refractivity contribution in [1.82, 2.24) is 4.90 Å². The molecule has 0 radical (unpaired) electrons. The Labute approximate surface area is 81.8 Å². The number of hydrogen-bond acceptors (Lipinski definition) is 1. The fraction of sp³-hybridized carbons (Fsp3) is 0.833. The highest BCUT2D eigenvalue weighted by atomic mass is 15.1. The zero-order chi connectivity index (χ0) is 8.93. The summed E-state index contributed by atoms with van der Waals surface area (Å²) in [5.74, 6) is 0. The average molecular weight is 179 g/mol. The van der Waals surface area contributed by atoms with Crippen LogP contribution in [0.5, 0.6) is 0 Å². The van der Waals surface area contributed by atoms with Gasteiger partial charge >= 0.3 is 0 Å². The van der Waals surface area contributed by atoms with E-state index in [1.54, 1.807) is 5.70 Å². The van der Waals surface area contributed by atoms with Crippen molar-refractivity contribution in [3.63, 3.8) is 0 Å². The third-order valence-corrected chi connectivity index (χ3v) is 3.28. The molecule has 0 aromatic rings. The quantitative estimate of drug-likeness (QED) is 0.551. The van der Waals surface area contributed by atoms with Crippen molar-refractivity contribution >= 4 is 0 Å². The van der Waals surface area contributed by atoms with Crippen molar-refractivity contribution < 1.29 is 0 Å². The van der Waals surface area contributed by atoms with E-state index < -0.39 is 0 Å². The maximum atomic E-state index is 2.64. The van der Waals surface area contributed by atoms with Crippen LogP contribution in [0.4, 0.5) is 0 Å². The average Bonchev–Trinajstić information content (AvgIpc) is 2.30. The lowest BCUT2D eigenvalue weighted by molar-refractivity contribution is 0.326. The Morgan fingerprint density at radius 2 is 1.62 bits per heavy atom. The summed E-state index contributed by atoms with van der Waals surface area (Å²) in [5.41, 5.74) is 1.66. The number of allylic oxidation sites excluding steroid dienone is 2. The zero-order valence-electron chi connectivity index (χ0n) is 8.60. The first kappa shape index (κ1) is 9.11. The molecule has 0 amide bonds. The Bertz CT molecular complexity index is 184. The fourth-order valence-electron chi connectivity index (χ4n) is 2.47. The lowest BCUT2D eigenvalue weighted by Crippen LogP contribution is -2.24. The van der Waals surface area contributed by atoms with Crippen LogP contribution < -0.4 is 0 Å². The Balaban J connectivity index is 2.04. The minimum absolute atomic E-state index is 1.33. The van der Waals surface area contributed by atoms with E-state index in [9.17, 15) is 0 Å². The summed E-state index contributed by atoms with van der Waals surface area (Å²) in [4.78, 5) is 2.64. The minimum atomic E-state index is 1.33. The highest BCUT2D eigenvalue weighted by molar-refractivity contribution is 5.03. The van der Waals surface area contributed by atoms with Crippen LogP contribution >= 0.6 is 0 Å². The summed E-state index contributed by atoms with van der Waals surface area (Å²) in [6.45, 7) is 2.65. The second kappa shape index (κ2) is 4.69. The molecule has 74 valence electrons. The van der Waals surface area contributed by atoms with Crippen molar-refractivity contribution in [2.45, 2.75) is 51.4 Å². The first-order valence-electron chi connectivity index (χ1n) is 5.91. The smallest absolute Gasteiger partial charge is 0.0174 e. The van der Waals surface area contributed by atoms with Crippen LogP contribution in [-0.4, -0.2) is 18.0 Å². The summed E-state index contributed by atoms with van der Waals surface area (Å²) >= 11 is 0. The van der Waals surface area contributed by atoms with Crippen molar-refractivity contribution in [2.75, 3.05) is 13.1 Å². The summed E-state index contributed by atoms with van der Waals surface area (Å²) in [6, 6.07) is 0. The second-order valence-electron chi connectivity index (χ2n) is 4.34. The molecule has 0 unspecified atom stereocenters. The minimum Gasteiger partial charge on any atom is -0.375 e. The molecule has 0 atom stereocenters. The molecular weight excluding hydrogens is 158 g/mol. The van der Waals surface area contributed by atoms with Gasteiger partial charge in [0.2, 0.25) is 0 Å². The molecule has 13 heavy (non-hydrogen) atoms. The van der Waals surface area contributed by atoms with E-state index in [-0.39, 0.29) is 0 Å². The number of hydrogen-bond donors (Lipinski definition) is 0. The van der Waals surface area contributed by atoms with Gasteiger partial charge in [-0.3, -0.25) is 0 Å². The standard InChI is InChI=1S/C12H21N/c1-2-6-10-13-11-7-3-5-9-12(13)8-4-1/h8H,1-7,9-11H2. The molecule has 1 nitrogen and oxygen atoms in total. The Morgan fingerprint density at radius 1 is 0.846 bits per heavy atom. The number of fused-ring (bicyclic) bond motifs is 1. The first-order valence-corrected chi connectivity index (χ1v) is 5.91. The van der Waals surface area contributed by atoms with Crippen LogP contribution in [0.1, 0.15) is 51.4 Å². The Morgan fingerprint density at radius 3 is 2.46 bits per heavy atom. The van der Waals surface area contributed by atoms with Gasteiger partial charge in [-0.05, 0) is 38.5 Å². The van der Waals surface area contributed by atoms with E-state index >= 15 is 0 Å². The molecule has 0 N–H and O–H groups in total. The van der Waals surface area contributed by atoms with Gasteiger partial charge in [0, 0.05) is 18.8 Å². The van der Waals surface area contributed by atoms with E-state index in [0.717, 1.165) is 0 Å². The highest BCUT2D eigenvalue weighted by Gasteiger charge is 2.13. The van der Waals surface area contributed by atoms with Gasteiger partial charge < -0.3 is 4.90 Å². The van der Waals surface area contributed by atoms with Gasteiger partial charge in [0.25, 0.3) is 0 Å². The Kier molecular flexibility index (Phi) is 3.28. The van der Waals surface area contributed by atoms with Crippen LogP contribution in [0.15, 0.2) is 11.8 Å². The third kappa shape index (κ3) is 2.49. The van der Waals surface area contributed by atoms with E-state index in [2.05, 4.69) is 11.0 Å². The molecule has 0 bridgehead atoms. The van der Waals surface area contributed by atoms with Crippen LogP contribution in [0, 0.1) is 0 Å². The molecule has 1 fully saturated rings. The number of nitrogens with zero attached hydrogens (tertiary/aromatic N) is 1. The van der Waals surface area contributed by atoms with Gasteiger partial charge in [-0.2, -0.15) is 0 Å². The predicted octanol–water partition coefficient (Wildman–Crippen LogP) is 3.32. The number of rotatable bonds is 0. The molecule has 0 aromatic carbocycles. The van der Waals surface area contributed by atoms with Crippen molar-refractivity contribution in [1.29, 1.82) is 0 Å². The van der Waals surface area contributed by atoms with Gasteiger partial charge in [0.05, 0.1) is 0 Å². The normalized spacial score (nSPS) is 25.2. The zero-order valence-corrected chi connectivity index (χ0v) is 8.60. The summed E-state index contributed by atoms with van der Waals surface area (Å²) in [6.07, 6.45) is 13.7. The maximum Gasteiger partial charge on any atom is 0.0174 e. The second-order valence-corrected chi connectivity index (χ2v) is 4.34. The molecule has 1 saturated heterocycles. The van der Waals surface area contributed by atoms with E-state index in [4.69, 9.17) is 0 Å². The maximum absolute atomic E-state index is 2.64. The molecule has 0 aromatic heterocycles. The van der Waals surface area contributed by atoms with E-state index in [1.807, 2.05) is 0 Å². The molecule has 0 aliphatic carbocycles. The van der Waals surface area contributed by atoms with E-state index in [1.165, 1.54) is 64.5 Å². The fourth-order valence-corrected chi connectivity index (χ4v) is 2.47. The van der Waals surface area contributed by atoms with Gasteiger partial charge in [-0.25, -0.2) is 0 Å². The molecule has 2 aliphatic heterocycles. The lowest BCUT2D eigenvalue weighted by atomic mass is 10.1. The molecule has 2 heterocycles. The molecule has 0 spiro atoms. The summed E-state index contributed by atoms with van der Waals surface area (Å²) < 4.78 is 0. The third-order valence-electron chi connectivity index (χ3n) is 3.28. The molecule has 2 rings (SSSR count). The van der Waals surface area contributed by atoms with Gasteiger partial charge in [-0.1, -0.05) is 18.9 Å². The molecule has 2 aliphatic rings. The topological polar surface area (TPSA) is 3.24 Å². The SMILES string of the molecule is C1=C2CCCCCN2CCCCC1. The van der Waals surface area contributed by atoms with Crippen LogP contribution in [0.25, 0.3) is 0 Å². The van der Waals surface area contributed by atoms with Crippen LogP contribution in [-0.2, 0) is 0 Å². The largest absolute Gasteiger partial charge is 0.375 e. The molecular formula is C12H21N. The Hall–Kier alpha value is -0.460. The van der Waals surface area contributed by atoms with E-state index in [0.29, 0.717) is 0 Å². The highest BCUT2D eigenvalue weighted by Crippen LogP contribution is 2.23. The van der Waals surface area contributed by atoms with Crippen molar-refractivity contribution in [3.05, 3.63) is 11.8 Å². The predicted molar refractivity (Wildman–Crippen MR) is 56.6 cm³/mol.